The van der Waals surface area contributed by atoms with Crippen LogP contribution in [0.3, 0.4) is 0 Å². The van der Waals surface area contributed by atoms with Crippen LogP contribution in [0.25, 0.3) is 0 Å². The molecule has 1 saturated carbocycles. The zero-order chi connectivity index (χ0) is 14.0. The highest BCUT2D eigenvalue weighted by Gasteiger charge is 2.37. The molecule has 1 aromatic rings. The third kappa shape index (κ3) is 2.50. The van der Waals surface area contributed by atoms with Gasteiger partial charge in [0.05, 0.1) is 0 Å². The van der Waals surface area contributed by atoms with Gasteiger partial charge in [0.25, 0.3) is 0 Å². The normalized spacial score (nSPS) is 22.2. The van der Waals surface area contributed by atoms with Crippen molar-refractivity contribution in [2.75, 3.05) is 24.5 Å². The summed E-state index contributed by atoms with van der Waals surface area (Å²) in [5.74, 6) is 0. The van der Waals surface area contributed by atoms with Gasteiger partial charge < -0.3 is 10.6 Å². The van der Waals surface area contributed by atoms with Gasteiger partial charge >= 0.3 is 0 Å². The molecule has 0 spiro atoms. The number of benzene rings is 1. The van der Waals surface area contributed by atoms with E-state index in [1.165, 1.54) is 73.8 Å². The maximum atomic E-state index is 6.27. The number of anilines is 1. The molecule has 0 radical (unpaired) electrons. The lowest BCUT2D eigenvalue weighted by Gasteiger charge is -2.40. The number of hydrogen-bond acceptors (Lipinski definition) is 2. The van der Waals surface area contributed by atoms with Crippen LogP contribution in [-0.4, -0.2) is 19.6 Å². The van der Waals surface area contributed by atoms with Crippen molar-refractivity contribution in [1.29, 1.82) is 0 Å². The standard InChI is InChI=1S/C17H25BrN2/c18-14-7-6-8-15(20-11-4-5-12-20)16(14)17(13-19)9-2-1-3-10-17/h6-8H,1-5,9-13,19H2. The summed E-state index contributed by atoms with van der Waals surface area (Å²) >= 11 is 3.82. The van der Waals surface area contributed by atoms with Gasteiger partial charge in [-0.15, -0.1) is 0 Å². The highest BCUT2D eigenvalue weighted by atomic mass is 79.9. The first kappa shape index (κ1) is 14.4. The fourth-order valence-corrected chi connectivity index (χ4v) is 4.82. The summed E-state index contributed by atoms with van der Waals surface area (Å²) in [4.78, 5) is 2.56. The fraction of sp³-hybridized carbons (Fsp3) is 0.647. The largest absolute Gasteiger partial charge is 0.371 e. The van der Waals surface area contributed by atoms with Crippen molar-refractivity contribution in [1.82, 2.24) is 0 Å². The average Bonchev–Trinajstić information content (AvgIpc) is 3.02. The third-order valence-electron chi connectivity index (χ3n) is 5.17. The predicted molar refractivity (Wildman–Crippen MR) is 89.4 cm³/mol. The van der Waals surface area contributed by atoms with Gasteiger partial charge in [0.15, 0.2) is 0 Å². The van der Waals surface area contributed by atoms with Crippen molar-refractivity contribution in [3.8, 4) is 0 Å². The van der Waals surface area contributed by atoms with E-state index in [4.69, 9.17) is 5.73 Å². The van der Waals surface area contributed by atoms with E-state index in [0.717, 1.165) is 6.54 Å². The van der Waals surface area contributed by atoms with E-state index < -0.39 is 0 Å². The highest BCUT2D eigenvalue weighted by Crippen LogP contribution is 2.46. The van der Waals surface area contributed by atoms with Crippen molar-refractivity contribution in [3.63, 3.8) is 0 Å². The van der Waals surface area contributed by atoms with Crippen LogP contribution >= 0.6 is 15.9 Å². The molecule has 1 heterocycles. The molecule has 110 valence electrons. The second kappa shape index (κ2) is 6.07. The van der Waals surface area contributed by atoms with Gasteiger partial charge in [0.1, 0.15) is 0 Å². The monoisotopic (exact) mass is 336 g/mol. The molecule has 0 unspecified atom stereocenters. The minimum absolute atomic E-state index is 0.191. The van der Waals surface area contributed by atoms with Crippen LogP contribution in [0, 0.1) is 0 Å². The van der Waals surface area contributed by atoms with Crippen molar-refractivity contribution in [2.45, 2.75) is 50.4 Å². The van der Waals surface area contributed by atoms with E-state index in [1.54, 1.807) is 0 Å². The lowest BCUT2D eigenvalue weighted by molar-refractivity contribution is 0.300. The molecule has 2 fully saturated rings. The van der Waals surface area contributed by atoms with Crippen molar-refractivity contribution in [3.05, 3.63) is 28.2 Å². The Morgan fingerprint density at radius 1 is 1.05 bits per heavy atom. The lowest BCUT2D eigenvalue weighted by atomic mass is 9.69. The van der Waals surface area contributed by atoms with E-state index in [2.05, 4.69) is 39.0 Å². The molecule has 20 heavy (non-hydrogen) atoms. The summed E-state index contributed by atoms with van der Waals surface area (Å²) in [5.41, 5.74) is 9.38. The van der Waals surface area contributed by atoms with E-state index in [9.17, 15) is 0 Å². The van der Waals surface area contributed by atoms with Gasteiger partial charge in [0, 0.05) is 35.2 Å². The van der Waals surface area contributed by atoms with Gasteiger partial charge in [-0.2, -0.15) is 0 Å². The van der Waals surface area contributed by atoms with Crippen LogP contribution in [0.4, 0.5) is 5.69 Å². The first-order chi connectivity index (χ1) is 9.77. The molecule has 2 aliphatic rings. The Labute approximate surface area is 130 Å². The summed E-state index contributed by atoms with van der Waals surface area (Å²) in [5, 5.41) is 0. The quantitative estimate of drug-likeness (QED) is 0.895. The summed E-state index contributed by atoms with van der Waals surface area (Å²) in [6, 6.07) is 6.67. The summed E-state index contributed by atoms with van der Waals surface area (Å²) < 4.78 is 1.26. The molecular formula is C17H25BrN2. The Morgan fingerprint density at radius 3 is 2.40 bits per heavy atom. The van der Waals surface area contributed by atoms with Gasteiger partial charge in [-0.25, -0.2) is 0 Å². The van der Waals surface area contributed by atoms with Gasteiger partial charge in [-0.3, -0.25) is 0 Å². The first-order valence-corrected chi connectivity index (χ1v) is 8.80. The minimum atomic E-state index is 0.191. The van der Waals surface area contributed by atoms with E-state index in [0.29, 0.717) is 0 Å². The predicted octanol–water partition coefficient (Wildman–Crippen LogP) is 4.21. The molecule has 0 bridgehead atoms. The molecule has 0 atom stereocenters. The van der Waals surface area contributed by atoms with Crippen LogP contribution in [0.1, 0.15) is 50.5 Å². The number of nitrogens with two attached hydrogens (primary N) is 1. The Kier molecular flexibility index (Phi) is 4.37. The molecule has 3 heteroatoms. The zero-order valence-electron chi connectivity index (χ0n) is 12.2. The van der Waals surface area contributed by atoms with E-state index >= 15 is 0 Å². The smallest absolute Gasteiger partial charge is 0.0416 e. The van der Waals surface area contributed by atoms with Gasteiger partial charge in [0.2, 0.25) is 0 Å². The van der Waals surface area contributed by atoms with E-state index in [1.807, 2.05) is 0 Å². The molecule has 2 N–H and O–H groups in total. The molecule has 1 aliphatic heterocycles. The summed E-state index contributed by atoms with van der Waals surface area (Å²) in [7, 11) is 0. The minimum Gasteiger partial charge on any atom is -0.371 e. The van der Waals surface area contributed by atoms with Crippen LogP contribution in [-0.2, 0) is 5.41 Å². The maximum absolute atomic E-state index is 6.27. The Bertz CT molecular complexity index is 460. The third-order valence-corrected chi connectivity index (χ3v) is 5.83. The SMILES string of the molecule is NCC1(c2c(Br)cccc2N2CCCC2)CCCCC1. The van der Waals surface area contributed by atoms with Crippen LogP contribution in [0.2, 0.25) is 0 Å². The molecular weight excluding hydrogens is 312 g/mol. The molecule has 3 rings (SSSR count). The first-order valence-electron chi connectivity index (χ1n) is 8.01. The topological polar surface area (TPSA) is 29.3 Å². The Morgan fingerprint density at radius 2 is 1.75 bits per heavy atom. The van der Waals surface area contributed by atoms with Crippen LogP contribution in [0.5, 0.6) is 0 Å². The number of halogens is 1. The Hall–Kier alpha value is -0.540. The van der Waals surface area contributed by atoms with Crippen molar-refractivity contribution >= 4 is 21.6 Å². The maximum Gasteiger partial charge on any atom is 0.0416 e. The van der Waals surface area contributed by atoms with E-state index in [-0.39, 0.29) is 5.41 Å². The molecule has 0 aromatic heterocycles. The molecule has 0 amide bonds. The molecule has 1 aromatic carbocycles. The Balaban J connectivity index is 2.05. The second-order valence-corrected chi connectivity index (χ2v) is 7.23. The summed E-state index contributed by atoms with van der Waals surface area (Å²) in [6.45, 7) is 3.17. The van der Waals surface area contributed by atoms with Crippen molar-refractivity contribution < 1.29 is 0 Å². The zero-order valence-corrected chi connectivity index (χ0v) is 13.8. The van der Waals surface area contributed by atoms with Gasteiger partial charge in [-0.05, 0) is 43.4 Å². The van der Waals surface area contributed by atoms with Gasteiger partial charge in [-0.1, -0.05) is 41.3 Å². The highest BCUT2D eigenvalue weighted by molar-refractivity contribution is 9.10. The number of nitrogens with zero attached hydrogens (tertiary/aromatic N) is 1. The van der Waals surface area contributed by atoms with Crippen LogP contribution in [0.15, 0.2) is 22.7 Å². The number of rotatable bonds is 3. The number of hydrogen-bond donors (Lipinski definition) is 1. The molecule has 1 aliphatic carbocycles. The summed E-state index contributed by atoms with van der Waals surface area (Å²) in [6.07, 6.45) is 9.13. The second-order valence-electron chi connectivity index (χ2n) is 6.37. The fourth-order valence-electron chi connectivity index (χ4n) is 4.04. The molecule has 1 saturated heterocycles. The average molecular weight is 337 g/mol. The van der Waals surface area contributed by atoms with Crippen molar-refractivity contribution in [2.24, 2.45) is 5.73 Å². The lowest BCUT2D eigenvalue weighted by Crippen LogP contribution is -2.39. The van der Waals surface area contributed by atoms with Crippen LogP contribution < -0.4 is 10.6 Å². The molecule has 2 nitrogen and oxygen atoms in total.